The molecule has 0 aliphatic heterocycles. The number of hydrogen-bond acceptors (Lipinski definition) is 8. The van der Waals surface area contributed by atoms with E-state index in [1.54, 1.807) is 0 Å². The summed E-state index contributed by atoms with van der Waals surface area (Å²) in [4.78, 5) is 0. The third kappa shape index (κ3) is 15.6. The highest BCUT2D eigenvalue weighted by atomic mass is 16.3. The van der Waals surface area contributed by atoms with Gasteiger partial charge >= 0.3 is 0 Å². The topological polar surface area (TPSA) is 168 Å². The Morgan fingerprint density at radius 2 is 0.260 bits per heavy atom. The van der Waals surface area contributed by atoms with Crippen LogP contribution >= 0.6 is 0 Å². The van der Waals surface area contributed by atoms with E-state index < -0.39 is 10.8 Å². The Balaban J connectivity index is 1.34. The molecule has 512 valence electrons. The first-order valence-electron chi connectivity index (χ1n) is 34.6. The zero-order valence-electron chi connectivity index (χ0n) is 62.4. The lowest BCUT2D eigenvalue weighted by Gasteiger charge is -2.30. The van der Waals surface area contributed by atoms with E-state index in [0.29, 0.717) is 89.0 Å². The summed E-state index contributed by atoms with van der Waals surface area (Å²) in [5, 5.41) is 108. The molecule has 8 nitrogen and oxygen atoms in total. The van der Waals surface area contributed by atoms with Crippen LogP contribution in [-0.2, 0) is 94.7 Å². The summed E-state index contributed by atoms with van der Waals surface area (Å²) in [7, 11) is 0. The number of aromatic hydroxyl groups is 6. The van der Waals surface area contributed by atoms with Crippen molar-refractivity contribution < 1.29 is 40.9 Å². The Labute approximate surface area is 575 Å². The van der Waals surface area contributed by atoms with Crippen LogP contribution in [0.1, 0.15) is 300 Å². The van der Waals surface area contributed by atoms with E-state index in [2.05, 4.69) is 166 Å². The van der Waals surface area contributed by atoms with Gasteiger partial charge in [0.2, 0.25) is 0 Å². The number of rotatable bonds is 0. The molecule has 8 aromatic rings. The van der Waals surface area contributed by atoms with Crippen molar-refractivity contribution >= 4 is 0 Å². The molecule has 0 fully saturated rings. The second kappa shape index (κ2) is 25.2. The van der Waals surface area contributed by atoms with Crippen LogP contribution in [0.3, 0.4) is 0 Å². The molecule has 0 atom stereocenters. The molecule has 1 aliphatic rings. The van der Waals surface area contributed by atoms with Gasteiger partial charge in [-0.25, -0.2) is 0 Å². The number of benzene rings is 8. The van der Waals surface area contributed by atoms with Crippen molar-refractivity contribution in [1.82, 2.24) is 0 Å². The molecule has 0 spiro atoms. The first kappa shape index (κ1) is 72.4. The Morgan fingerprint density at radius 3 is 0.365 bits per heavy atom. The van der Waals surface area contributed by atoms with E-state index in [-0.39, 0.29) is 130 Å². The Bertz CT molecular complexity index is 3300. The highest BCUT2D eigenvalue weighted by Crippen LogP contribution is 2.46. The lowest BCUT2D eigenvalue weighted by atomic mass is 9.79. The van der Waals surface area contributed by atoms with Gasteiger partial charge in [-0.3, -0.25) is 0 Å². The van der Waals surface area contributed by atoms with Gasteiger partial charge in [-0.05, 0) is 161 Å². The molecule has 16 bridgehead atoms. The van der Waals surface area contributed by atoms with Gasteiger partial charge in [0.05, 0.1) is 0 Å². The van der Waals surface area contributed by atoms with E-state index in [4.69, 9.17) is 0 Å². The maximum absolute atomic E-state index is 15.4. The van der Waals surface area contributed by atoms with Crippen LogP contribution in [-0.4, -0.2) is 30.6 Å². The molecule has 0 aromatic heterocycles. The Morgan fingerprint density at radius 1 is 0.177 bits per heavy atom. The van der Waals surface area contributed by atoms with Crippen molar-refractivity contribution in [2.45, 2.75) is 261 Å². The molecular weight excluding hydrogens is 1180 g/mol. The summed E-state index contributed by atoms with van der Waals surface area (Å²) in [6.45, 7) is 51.0. The van der Waals surface area contributed by atoms with Crippen molar-refractivity contribution in [1.29, 1.82) is 0 Å². The third-order valence-corrected chi connectivity index (χ3v) is 20.1. The van der Waals surface area contributed by atoms with Gasteiger partial charge in [0, 0.05) is 44.9 Å². The maximum atomic E-state index is 15.4. The quantitative estimate of drug-likeness (QED) is 0.0872. The summed E-state index contributed by atoms with van der Waals surface area (Å²) in [5.74, 6) is -0.107. The number of hydrogen-bond donors (Lipinski definition) is 6. The van der Waals surface area contributed by atoms with Gasteiger partial charge in [-0.15, -0.1) is 11.5 Å². The average Bonchev–Trinajstić information content (AvgIpc) is 0.783. The predicted molar refractivity (Wildman–Crippen MR) is 392 cm³/mol. The van der Waals surface area contributed by atoms with Gasteiger partial charge < -0.3 is 40.9 Å². The highest BCUT2D eigenvalue weighted by Gasteiger charge is 2.31. The van der Waals surface area contributed by atoms with E-state index in [0.717, 1.165) is 44.5 Å². The molecular formula is C88H110O8-2. The molecule has 0 heterocycles. The van der Waals surface area contributed by atoms with Crippen LogP contribution in [0.5, 0.6) is 46.0 Å². The zero-order chi connectivity index (χ0) is 71.4. The van der Waals surface area contributed by atoms with Gasteiger partial charge in [0.1, 0.15) is 34.5 Å². The van der Waals surface area contributed by atoms with E-state index in [9.17, 15) is 30.6 Å². The van der Waals surface area contributed by atoms with Crippen LogP contribution in [0.2, 0.25) is 0 Å². The standard InChI is InChI=1S/C88H112O8/c1-81(2,3)65-33-49-25-51-35-66(82(4,5)6)37-53(74(51)90)27-55-39-68(84(10,11)12)41-57(76(55)92)29-59-43-70(86(16,17)18)45-61(78(59)94)31-63-47-72(88(22,23)24)48-64(80(63)96)32-62-46-71(87(19,20)21)44-60(79(62)95)30-58-42-69(85(13,14)15)40-56(77(58)93)28-54-38-67(83(7,8)9)36-52(75(54)91)26-50(34-65)73(49)89/h33-48,89-96H,25-32H2,1-24H3/p-2. The molecule has 8 aromatic carbocycles. The molecule has 96 heavy (non-hydrogen) atoms. The third-order valence-electron chi connectivity index (χ3n) is 20.1. The fraction of sp³-hybridized carbons (Fsp3) is 0.455. The summed E-state index contributed by atoms with van der Waals surface area (Å²) < 4.78 is 0. The zero-order valence-corrected chi connectivity index (χ0v) is 62.4. The van der Waals surface area contributed by atoms with Crippen molar-refractivity contribution in [2.75, 3.05) is 0 Å². The van der Waals surface area contributed by atoms with Crippen LogP contribution in [0.25, 0.3) is 0 Å². The monoisotopic (exact) mass is 1290 g/mol. The minimum atomic E-state index is -0.407. The summed E-state index contributed by atoms with van der Waals surface area (Å²) in [6.07, 6.45) is 1.09. The van der Waals surface area contributed by atoms with Crippen LogP contribution < -0.4 is 10.2 Å². The van der Waals surface area contributed by atoms with Crippen LogP contribution in [0, 0.1) is 0 Å². The molecule has 0 unspecified atom stereocenters. The molecule has 0 saturated carbocycles. The molecule has 0 radical (unpaired) electrons. The van der Waals surface area contributed by atoms with Crippen LogP contribution in [0.15, 0.2) is 97.1 Å². The Hall–Kier alpha value is -7.84. The van der Waals surface area contributed by atoms with E-state index in [1.807, 2.05) is 97.1 Å². The summed E-state index contributed by atoms with van der Waals surface area (Å²) in [6, 6.07) is 32.1. The number of fused-ring (bicyclic) bond motifs is 16. The minimum absolute atomic E-state index is 0.0335. The first-order valence-corrected chi connectivity index (χ1v) is 34.6. The van der Waals surface area contributed by atoms with Gasteiger partial charge in [0.25, 0.3) is 0 Å². The first-order chi connectivity index (χ1) is 43.9. The molecule has 6 N–H and O–H groups in total. The van der Waals surface area contributed by atoms with Gasteiger partial charge in [-0.2, -0.15) is 0 Å². The molecule has 1 aliphatic carbocycles. The second-order valence-electron chi connectivity index (χ2n) is 36.5. The highest BCUT2D eigenvalue weighted by molar-refractivity contribution is 5.62. The molecule has 0 amide bonds. The lowest BCUT2D eigenvalue weighted by molar-refractivity contribution is -0.271. The van der Waals surface area contributed by atoms with Gasteiger partial charge in [-0.1, -0.05) is 285 Å². The predicted octanol–water partition coefficient (Wildman–Crippen LogP) is 19.5. The van der Waals surface area contributed by atoms with Crippen molar-refractivity contribution in [3.63, 3.8) is 0 Å². The van der Waals surface area contributed by atoms with Crippen molar-refractivity contribution in [3.8, 4) is 46.0 Å². The summed E-state index contributed by atoms with van der Waals surface area (Å²) >= 11 is 0. The van der Waals surface area contributed by atoms with Gasteiger partial charge in [0.15, 0.2) is 0 Å². The lowest BCUT2D eigenvalue weighted by Crippen LogP contribution is -2.17. The second-order valence-corrected chi connectivity index (χ2v) is 36.5. The minimum Gasteiger partial charge on any atom is -0.872 e. The molecule has 9 rings (SSSR count). The smallest absolute Gasteiger partial charge is 0.122 e. The normalized spacial score (nSPS) is 14.2. The number of phenolic OH excluding ortho intramolecular Hbond substituents is 6. The van der Waals surface area contributed by atoms with Crippen molar-refractivity contribution in [2.24, 2.45) is 0 Å². The average molecular weight is 1300 g/mol. The van der Waals surface area contributed by atoms with E-state index >= 15 is 10.2 Å². The number of phenols is 6. The molecule has 0 saturated heterocycles. The largest absolute Gasteiger partial charge is 0.872 e. The maximum Gasteiger partial charge on any atom is 0.122 e. The Kier molecular flexibility index (Phi) is 19.0. The fourth-order valence-corrected chi connectivity index (χ4v) is 13.3. The van der Waals surface area contributed by atoms with Crippen LogP contribution in [0.4, 0.5) is 0 Å². The fourth-order valence-electron chi connectivity index (χ4n) is 13.3. The van der Waals surface area contributed by atoms with Crippen molar-refractivity contribution in [3.05, 3.63) is 231 Å². The SMILES string of the molecule is CC(C)(C)c1cc2c([O-])c(c1)Cc1cc(C(C)(C)C)cc(c1O)Cc1cc(C(C)(C)C)cc(c1O)Cc1cc(C(C)(C)C)cc(c1O)Cc1cc(C(C)(C)C)cc(c1O)Cc1cc(C(C)(C)C)cc(c1O)Cc1cc(C(C)(C)C)cc(c1O)Cc1cc(C(C)(C)C)cc(c1[O-])C2. The van der Waals surface area contributed by atoms with E-state index in [1.165, 1.54) is 0 Å². The summed E-state index contributed by atoms with van der Waals surface area (Å²) in [5.41, 5.74) is 13.7. The molecule has 8 heteroatoms.